The van der Waals surface area contributed by atoms with Crippen LogP contribution in [0.25, 0.3) is 0 Å². The van der Waals surface area contributed by atoms with E-state index in [1.807, 2.05) is 11.3 Å². The highest BCUT2D eigenvalue weighted by molar-refractivity contribution is 7.12. The Balaban J connectivity index is 2.11. The Kier molecular flexibility index (Phi) is 5.43. The highest BCUT2D eigenvalue weighted by Crippen LogP contribution is 2.26. The van der Waals surface area contributed by atoms with Crippen LogP contribution in [0.1, 0.15) is 33.4 Å². The van der Waals surface area contributed by atoms with Crippen molar-refractivity contribution in [2.45, 2.75) is 40.8 Å². The van der Waals surface area contributed by atoms with Crippen molar-refractivity contribution >= 4 is 17.0 Å². The van der Waals surface area contributed by atoms with Crippen LogP contribution in [-0.2, 0) is 13.1 Å². The number of anilines is 1. The number of hydrogen-bond donors (Lipinski definition) is 1. The smallest absolute Gasteiger partial charge is 0.0437 e. The summed E-state index contributed by atoms with van der Waals surface area (Å²) < 4.78 is 0. The largest absolute Gasteiger partial charge is 0.370 e. The van der Waals surface area contributed by atoms with Gasteiger partial charge in [-0.25, -0.2) is 0 Å². The molecule has 0 bridgehead atoms. The highest BCUT2D eigenvalue weighted by Gasteiger charge is 2.10. The van der Waals surface area contributed by atoms with Gasteiger partial charge < -0.3 is 10.2 Å². The number of thiophene rings is 1. The van der Waals surface area contributed by atoms with E-state index in [0.717, 1.165) is 19.6 Å². The molecule has 2 rings (SSSR count). The van der Waals surface area contributed by atoms with Crippen LogP contribution in [0.2, 0.25) is 0 Å². The molecule has 0 unspecified atom stereocenters. The fourth-order valence-electron chi connectivity index (χ4n) is 2.65. The number of nitrogens with zero attached hydrogens (tertiary/aromatic N) is 1. The van der Waals surface area contributed by atoms with E-state index in [-0.39, 0.29) is 0 Å². The van der Waals surface area contributed by atoms with Gasteiger partial charge in [-0.05, 0) is 50.6 Å². The Morgan fingerprint density at radius 2 is 1.90 bits per heavy atom. The molecule has 2 nitrogen and oxygen atoms in total. The summed E-state index contributed by atoms with van der Waals surface area (Å²) in [5, 5.41) is 3.40. The minimum atomic E-state index is 0.971. The molecule has 1 aromatic carbocycles. The van der Waals surface area contributed by atoms with E-state index < -0.39 is 0 Å². The van der Waals surface area contributed by atoms with Crippen LogP contribution >= 0.6 is 11.3 Å². The fraction of sp³-hybridized carbons (Fsp3) is 0.444. The van der Waals surface area contributed by atoms with Gasteiger partial charge in [-0.3, -0.25) is 0 Å². The maximum Gasteiger partial charge on any atom is 0.0437 e. The molecule has 0 saturated heterocycles. The molecule has 2 aromatic rings. The first-order valence-corrected chi connectivity index (χ1v) is 8.40. The lowest BCUT2D eigenvalue weighted by atomic mass is 10.1. The predicted molar refractivity (Wildman–Crippen MR) is 94.5 cm³/mol. The Morgan fingerprint density at radius 3 is 2.57 bits per heavy atom. The fourth-order valence-corrected chi connectivity index (χ4v) is 3.68. The molecule has 0 amide bonds. The molecule has 0 aliphatic rings. The first kappa shape index (κ1) is 16.1. The van der Waals surface area contributed by atoms with Crippen LogP contribution in [0.4, 0.5) is 5.69 Å². The number of rotatable bonds is 6. The average molecular weight is 302 g/mol. The summed E-state index contributed by atoms with van der Waals surface area (Å²) in [5.41, 5.74) is 5.43. The van der Waals surface area contributed by atoms with E-state index in [2.05, 4.69) is 69.2 Å². The first-order chi connectivity index (χ1) is 10.0. The minimum absolute atomic E-state index is 0.971. The molecule has 0 fully saturated rings. The van der Waals surface area contributed by atoms with Crippen molar-refractivity contribution in [2.75, 3.05) is 18.5 Å². The van der Waals surface area contributed by atoms with Crippen molar-refractivity contribution in [3.05, 3.63) is 50.7 Å². The normalized spacial score (nSPS) is 10.9. The zero-order chi connectivity index (χ0) is 15.4. The lowest BCUT2D eigenvalue weighted by molar-refractivity contribution is 0.735. The first-order valence-electron chi connectivity index (χ1n) is 7.58. The Bertz CT molecular complexity index is 601. The second kappa shape index (κ2) is 7.10. The zero-order valence-electron chi connectivity index (χ0n) is 13.8. The van der Waals surface area contributed by atoms with Crippen molar-refractivity contribution in [2.24, 2.45) is 0 Å². The minimum Gasteiger partial charge on any atom is -0.370 e. The van der Waals surface area contributed by atoms with Gasteiger partial charge in [0.05, 0.1) is 0 Å². The van der Waals surface area contributed by atoms with Gasteiger partial charge in [0.15, 0.2) is 0 Å². The third kappa shape index (κ3) is 4.08. The van der Waals surface area contributed by atoms with Crippen molar-refractivity contribution < 1.29 is 0 Å². The van der Waals surface area contributed by atoms with Gasteiger partial charge in [-0.15, -0.1) is 11.3 Å². The lowest BCUT2D eigenvalue weighted by Gasteiger charge is -2.21. The second-order valence-electron chi connectivity index (χ2n) is 5.72. The molecule has 0 saturated carbocycles. The maximum atomic E-state index is 3.40. The highest BCUT2D eigenvalue weighted by atomic mass is 32.1. The summed E-state index contributed by atoms with van der Waals surface area (Å²) in [6.45, 7) is 11.7. The van der Waals surface area contributed by atoms with E-state index in [0.29, 0.717) is 0 Å². The van der Waals surface area contributed by atoms with Crippen LogP contribution in [0.15, 0.2) is 24.3 Å². The second-order valence-corrected chi connectivity index (χ2v) is 7.06. The van der Waals surface area contributed by atoms with E-state index in [1.54, 1.807) is 0 Å². The molecule has 0 radical (unpaired) electrons. The number of aryl methyl sites for hydroxylation is 3. The van der Waals surface area contributed by atoms with Crippen LogP contribution in [0.3, 0.4) is 0 Å². The summed E-state index contributed by atoms with van der Waals surface area (Å²) in [6, 6.07) is 9.02. The molecule has 0 aliphatic carbocycles. The Morgan fingerprint density at radius 1 is 1.14 bits per heavy atom. The van der Waals surface area contributed by atoms with Gasteiger partial charge in [0.2, 0.25) is 0 Å². The monoisotopic (exact) mass is 302 g/mol. The van der Waals surface area contributed by atoms with Crippen LogP contribution in [0.5, 0.6) is 0 Å². The molecule has 1 aromatic heterocycles. The van der Waals surface area contributed by atoms with Crippen molar-refractivity contribution in [1.29, 1.82) is 0 Å². The van der Waals surface area contributed by atoms with Crippen LogP contribution < -0.4 is 10.2 Å². The van der Waals surface area contributed by atoms with Crippen LogP contribution in [0, 0.1) is 20.8 Å². The number of benzene rings is 1. The molecular weight excluding hydrogens is 276 g/mol. The van der Waals surface area contributed by atoms with E-state index in [1.165, 1.54) is 32.1 Å². The summed E-state index contributed by atoms with van der Waals surface area (Å²) in [4.78, 5) is 5.21. The number of hydrogen-bond acceptors (Lipinski definition) is 3. The summed E-state index contributed by atoms with van der Waals surface area (Å²) >= 11 is 1.91. The summed E-state index contributed by atoms with van der Waals surface area (Å²) in [6.07, 6.45) is 0. The standard InChI is InChI=1S/C18H26N2S/c1-6-19-11-17-10-16(15(4)21-17)12-20(5)18-8-7-13(2)9-14(18)3/h7-10,19H,6,11-12H2,1-5H3. The van der Waals surface area contributed by atoms with Crippen molar-refractivity contribution in [3.63, 3.8) is 0 Å². The topological polar surface area (TPSA) is 15.3 Å². The summed E-state index contributed by atoms with van der Waals surface area (Å²) in [7, 11) is 2.18. The quantitative estimate of drug-likeness (QED) is 0.850. The molecular formula is C18H26N2S. The molecule has 1 N–H and O–H groups in total. The Labute approximate surface area is 132 Å². The zero-order valence-corrected chi connectivity index (χ0v) is 14.6. The average Bonchev–Trinajstić information content (AvgIpc) is 2.76. The van der Waals surface area contributed by atoms with Crippen molar-refractivity contribution in [3.8, 4) is 0 Å². The maximum absolute atomic E-state index is 3.40. The predicted octanol–water partition coefficient (Wildman–Crippen LogP) is 4.42. The van der Waals surface area contributed by atoms with Gasteiger partial charge in [0.25, 0.3) is 0 Å². The molecule has 0 atom stereocenters. The SMILES string of the molecule is CCNCc1cc(CN(C)c2ccc(C)cc2C)c(C)s1. The lowest BCUT2D eigenvalue weighted by Crippen LogP contribution is -2.17. The van der Waals surface area contributed by atoms with Gasteiger partial charge in [-0.2, -0.15) is 0 Å². The van der Waals surface area contributed by atoms with Gasteiger partial charge in [0, 0.05) is 35.6 Å². The molecule has 114 valence electrons. The van der Waals surface area contributed by atoms with Gasteiger partial charge in [0.1, 0.15) is 0 Å². The molecule has 21 heavy (non-hydrogen) atoms. The number of nitrogens with one attached hydrogen (secondary N) is 1. The third-order valence-corrected chi connectivity index (χ3v) is 4.88. The third-order valence-electron chi connectivity index (χ3n) is 3.79. The van der Waals surface area contributed by atoms with Crippen LogP contribution in [-0.4, -0.2) is 13.6 Å². The van der Waals surface area contributed by atoms with Gasteiger partial charge in [-0.1, -0.05) is 24.6 Å². The molecule has 0 aliphatic heterocycles. The van der Waals surface area contributed by atoms with Crippen molar-refractivity contribution in [1.82, 2.24) is 5.32 Å². The summed E-state index contributed by atoms with van der Waals surface area (Å²) in [5.74, 6) is 0. The molecule has 3 heteroatoms. The molecule has 1 heterocycles. The molecule has 0 spiro atoms. The van der Waals surface area contributed by atoms with E-state index in [4.69, 9.17) is 0 Å². The van der Waals surface area contributed by atoms with E-state index >= 15 is 0 Å². The van der Waals surface area contributed by atoms with E-state index in [9.17, 15) is 0 Å². The Hall–Kier alpha value is -1.32. The van der Waals surface area contributed by atoms with Gasteiger partial charge >= 0.3 is 0 Å².